The number of hydrogen-bond donors (Lipinski definition) is 0. The monoisotopic (exact) mass is 363 g/mol. The van der Waals surface area contributed by atoms with E-state index in [-0.39, 0.29) is 5.56 Å². The third kappa shape index (κ3) is 3.29. The van der Waals surface area contributed by atoms with Gasteiger partial charge >= 0.3 is 0 Å². The Kier molecular flexibility index (Phi) is 4.60. The summed E-state index contributed by atoms with van der Waals surface area (Å²) in [6, 6.07) is 12.1. The Labute approximate surface area is 159 Å². The van der Waals surface area contributed by atoms with E-state index in [0.29, 0.717) is 5.92 Å². The molecule has 0 N–H and O–H groups in total. The largest absolute Gasteiger partial charge is 0.494 e. The van der Waals surface area contributed by atoms with Gasteiger partial charge in [0, 0.05) is 37.8 Å². The Morgan fingerprint density at radius 2 is 1.93 bits per heavy atom. The summed E-state index contributed by atoms with van der Waals surface area (Å²) in [5, 5.41) is 1.13. The van der Waals surface area contributed by atoms with E-state index in [1.807, 2.05) is 18.3 Å². The van der Waals surface area contributed by atoms with Crippen LogP contribution in [0.3, 0.4) is 0 Å². The highest BCUT2D eigenvalue weighted by molar-refractivity contribution is 5.88. The van der Waals surface area contributed by atoms with Crippen molar-refractivity contribution in [2.75, 3.05) is 25.1 Å². The first kappa shape index (κ1) is 17.6. The fourth-order valence-electron chi connectivity index (χ4n) is 3.96. The molecule has 2 aromatic heterocycles. The van der Waals surface area contributed by atoms with Crippen molar-refractivity contribution < 1.29 is 4.74 Å². The molecule has 0 bridgehead atoms. The topological polar surface area (TPSA) is 47.4 Å². The number of hydrogen-bond acceptors (Lipinski definition) is 4. The van der Waals surface area contributed by atoms with Gasteiger partial charge in [-0.05, 0) is 55.0 Å². The average molecular weight is 363 g/mol. The molecule has 0 unspecified atom stereocenters. The lowest BCUT2D eigenvalue weighted by molar-refractivity contribution is 0.419. The van der Waals surface area contributed by atoms with Crippen molar-refractivity contribution in [2.24, 2.45) is 7.05 Å². The average Bonchev–Trinajstić information content (AvgIpc) is 2.70. The lowest BCUT2D eigenvalue weighted by Gasteiger charge is -2.33. The van der Waals surface area contributed by atoms with Gasteiger partial charge in [-0.25, -0.2) is 4.98 Å². The Morgan fingerprint density at radius 3 is 2.63 bits per heavy atom. The number of anilines is 1. The van der Waals surface area contributed by atoms with Crippen LogP contribution < -0.4 is 15.2 Å². The van der Waals surface area contributed by atoms with Crippen LogP contribution in [0.1, 0.15) is 29.9 Å². The highest BCUT2D eigenvalue weighted by atomic mass is 16.5. The molecule has 1 saturated heterocycles. The second-order valence-corrected chi connectivity index (χ2v) is 7.32. The quantitative estimate of drug-likeness (QED) is 0.713. The summed E-state index contributed by atoms with van der Waals surface area (Å²) in [4.78, 5) is 19.2. The number of methoxy groups -OCH3 is 1. The maximum absolute atomic E-state index is 11.9. The second-order valence-electron chi connectivity index (χ2n) is 7.32. The molecule has 5 nitrogen and oxygen atoms in total. The maximum atomic E-state index is 11.9. The molecule has 3 heterocycles. The molecule has 3 aromatic rings. The lowest BCUT2D eigenvalue weighted by Crippen LogP contribution is -2.34. The fourth-order valence-corrected chi connectivity index (χ4v) is 3.96. The van der Waals surface area contributed by atoms with Crippen LogP contribution in [-0.2, 0) is 7.05 Å². The SMILES string of the molecule is COc1cccc2c(C)cc(N3CCC(c4ccn(C)c(=O)c4)CC3)nc12. The van der Waals surface area contributed by atoms with E-state index in [1.54, 1.807) is 24.8 Å². The highest BCUT2D eigenvalue weighted by Crippen LogP contribution is 2.33. The van der Waals surface area contributed by atoms with Crippen LogP contribution >= 0.6 is 0 Å². The predicted octanol–water partition coefficient (Wildman–Crippen LogP) is 3.63. The Bertz CT molecular complexity index is 1030. The van der Waals surface area contributed by atoms with Gasteiger partial charge < -0.3 is 14.2 Å². The molecular formula is C22H25N3O2. The summed E-state index contributed by atoms with van der Waals surface area (Å²) in [5.74, 6) is 2.26. The molecule has 0 saturated carbocycles. The first-order valence-electron chi connectivity index (χ1n) is 9.42. The minimum Gasteiger partial charge on any atom is -0.494 e. The lowest BCUT2D eigenvalue weighted by atomic mass is 9.90. The van der Waals surface area contributed by atoms with Gasteiger partial charge in [-0.3, -0.25) is 4.79 Å². The minimum atomic E-state index is 0.0637. The Balaban J connectivity index is 1.57. The summed E-state index contributed by atoms with van der Waals surface area (Å²) in [6.07, 6.45) is 3.92. The third-order valence-electron chi connectivity index (χ3n) is 5.63. The smallest absolute Gasteiger partial charge is 0.250 e. The number of piperidine rings is 1. The van der Waals surface area contributed by atoms with Crippen molar-refractivity contribution in [1.82, 2.24) is 9.55 Å². The highest BCUT2D eigenvalue weighted by Gasteiger charge is 2.22. The van der Waals surface area contributed by atoms with Crippen LogP contribution in [0.4, 0.5) is 5.82 Å². The van der Waals surface area contributed by atoms with Gasteiger partial charge in [0.05, 0.1) is 7.11 Å². The molecule has 140 valence electrons. The second kappa shape index (κ2) is 7.06. The standard InChI is InChI=1S/C22H25N3O2/c1-15-13-20(23-22-18(15)5-4-6-19(22)27-3)25-11-8-16(9-12-25)17-7-10-24(2)21(26)14-17/h4-7,10,13-14,16H,8-9,11-12H2,1-3H3. The summed E-state index contributed by atoms with van der Waals surface area (Å²) in [7, 11) is 3.48. The molecule has 1 fully saturated rings. The van der Waals surface area contributed by atoms with Crippen molar-refractivity contribution in [1.29, 1.82) is 0 Å². The van der Waals surface area contributed by atoms with Crippen LogP contribution in [0.15, 0.2) is 47.4 Å². The Morgan fingerprint density at radius 1 is 1.15 bits per heavy atom. The minimum absolute atomic E-state index is 0.0637. The molecule has 4 rings (SSSR count). The zero-order valence-electron chi connectivity index (χ0n) is 16.1. The molecule has 1 aromatic carbocycles. The van der Waals surface area contributed by atoms with Gasteiger partial charge in [0.1, 0.15) is 17.1 Å². The van der Waals surface area contributed by atoms with E-state index in [2.05, 4.69) is 30.0 Å². The number of para-hydroxylation sites is 1. The molecule has 0 amide bonds. The molecule has 1 aliphatic heterocycles. The number of aromatic nitrogens is 2. The number of fused-ring (bicyclic) bond motifs is 1. The van der Waals surface area contributed by atoms with E-state index in [1.165, 1.54) is 5.56 Å². The van der Waals surface area contributed by atoms with E-state index >= 15 is 0 Å². The number of ether oxygens (including phenoxy) is 1. The van der Waals surface area contributed by atoms with Crippen LogP contribution in [0, 0.1) is 6.92 Å². The number of rotatable bonds is 3. The first-order valence-corrected chi connectivity index (χ1v) is 9.42. The van der Waals surface area contributed by atoms with Gasteiger partial charge in [-0.2, -0.15) is 0 Å². The molecule has 0 aliphatic carbocycles. The fraction of sp³-hybridized carbons (Fsp3) is 0.364. The first-order chi connectivity index (χ1) is 13.1. The van der Waals surface area contributed by atoms with Crippen LogP contribution in [0.5, 0.6) is 5.75 Å². The van der Waals surface area contributed by atoms with Crippen molar-refractivity contribution >= 4 is 16.7 Å². The summed E-state index contributed by atoms with van der Waals surface area (Å²) >= 11 is 0. The van der Waals surface area contributed by atoms with Crippen molar-refractivity contribution in [3.63, 3.8) is 0 Å². The van der Waals surface area contributed by atoms with Crippen LogP contribution in [-0.4, -0.2) is 29.8 Å². The van der Waals surface area contributed by atoms with Gasteiger partial charge in [-0.15, -0.1) is 0 Å². The summed E-state index contributed by atoms with van der Waals surface area (Å²) in [6.45, 7) is 4.00. The van der Waals surface area contributed by atoms with E-state index in [9.17, 15) is 4.79 Å². The number of pyridine rings is 2. The van der Waals surface area contributed by atoms with Crippen molar-refractivity contribution in [2.45, 2.75) is 25.7 Å². The summed E-state index contributed by atoms with van der Waals surface area (Å²) < 4.78 is 7.13. The Hall–Kier alpha value is -2.82. The predicted molar refractivity (Wildman–Crippen MR) is 109 cm³/mol. The van der Waals surface area contributed by atoms with Crippen molar-refractivity contribution in [3.8, 4) is 5.75 Å². The van der Waals surface area contributed by atoms with Crippen LogP contribution in [0.25, 0.3) is 10.9 Å². The zero-order valence-corrected chi connectivity index (χ0v) is 16.1. The molecule has 5 heteroatoms. The molecule has 0 atom stereocenters. The molecular weight excluding hydrogens is 338 g/mol. The maximum Gasteiger partial charge on any atom is 0.250 e. The van der Waals surface area contributed by atoms with Crippen molar-refractivity contribution in [3.05, 3.63) is 64.1 Å². The van der Waals surface area contributed by atoms with Gasteiger partial charge in [0.2, 0.25) is 0 Å². The third-order valence-corrected chi connectivity index (χ3v) is 5.63. The number of nitrogens with zero attached hydrogens (tertiary/aromatic N) is 3. The van der Waals surface area contributed by atoms with E-state index in [4.69, 9.17) is 9.72 Å². The van der Waals surface area contributed by atoms with E-state index < -0.39 is 0 Å². The molecule has 0 spiro atoms. The summed E-state index contributed by atoms with van der Waals surface area (Å²) in [5.41, 5.74) is 3.35. The normalized spacial score (nSPS) is 15.3. The molecule has 0 radical (unpaired) electrons. The molecule has 27 heavy (non-hydrogen) atoms. The zero-order chi connectivity index (χ0) is 19.0. The van der Waals surface area contributed by atoms with Gasteiger partial charge in [0.25, 0.3) is 5.56 Å². The number of benzene rings is 1. The molecule has 1 aliphatic rings. The van der Waals surface area contributed by atoms with Crippen LogP contribution in [0.2, 0.25) is 0 Å². The van der Waals surface area contributed by atoms with Gasteiger partial charge in [0.15, 0.2) is 0 Å². The van der Waals surface area contributed by atoms with Gasteiger partial charge in [-0.1, -0.05) is 12.1 Å². The van der Waals surface area contributed by atoms with E-state index in [0.717, 1.165) is 54.0 Å². The number of aryl methyl sites for hydroxylation is 2.